The van der Waals surface area contributed by atoms with Crippen LogP contribution >= 0.6 is 0 Å². The summed E-state index contributed by atoms with van der Waals surface area (Å²) in [6.45, 7) is 2.15. The number of nitrogens with one attached hydrogen (secondary N) is 1. The number of aromatic nitrogens is 2. The van der Waals surface area contributed by atoms with Crippen molar-refractivity contribution in [1.29, 1.82) is 0 Å². The SMILES string of the molecule is CC(Nc1ncnc2cc(C(=O)O)ccc12)C1CC1. The minimum absolute atomic E-state index is 0.243. The first-order valence-electron chi connectivity index (χ1n) is 6.40. The van der Waals surface area contributed by atoms with E-state index in [1.54, 1.807) is 18.2 Å². The van der Waals surface area contributed by atoms with Crippen molar-refractivity contribution in [3.8, 4) is 0 Å². The summed E-state index contributed by atoms with van der Waals surface area (Å²) in [6, 6.07) is 5.31. The average Bonchev–Trinajstić information content (AvgIpc) is 3.22. The summed E-state index contributed by atoms with van der Waals surface area (Å²) in [7, 11) is 0. The third-order valence-electron chi connectivity index (χ3n) is 3.58. The largest absolute Gasteiger partial charge is 0.478 e. The van der Waals surface area contributed by atoms with E-state index in [0.29, 0.717) is 11.6 Å². The highest BCUT2D eigenvalue weighted by molar-refractivity contribution is 5.96. The Morgan fingerprint density at radius 3 is 2.89 bits per heavy atom. The van der Waals surface area contributed by atoms with Crippen LogP contribution in [0.25, 0.3) is 10.9 Å². The summed E-state index contributed by atoms with van der Waals surface area (Å²) >= 11 is 0. The van der Waals surface area contributed by atoms with Gasteiger partial charge in [0, 0.05) is 11.4 Å². The van der Waals surface area contributed by atoms with E-state index in [1.165, 1.54) is 19.2 Å². The summed E-state index contributed by atoms with van der Waals surface area (Å²) in [5.74, 6) is 0.561. The zero-order chi connectivity index (χ0) is 13.4. The first-order valence-corrected chi connectivity index (χ1v) is 6.40. The van der Waals surface area contributed by atoms with Gasteiger partial charge in [-0.3, -0.25) is 0 Å². The van der Waals surface area contributed by atoms with Gasteiger partial charge in [0.05, 0.1) is 11.1 Å². The maximum absolute atomic E-state index is 10.9. The van der Waals surface area contributed by atoms with Crippen LogP contribution in [0.15, 0.2) is 24.5 Å². The van der Waals surface area contributed by atoms with Gasteiger partial charge in [0.2, 0.25) is 0 Å². The molecule has 0 aliphatic heterocycles. The predicted molar refractivity (Wildman–Crippen MR) is 72.3 cm³/mol. The van der Waals surface area contributed by atoms with Gasteiger partial charge in [-0.2, -0.15) is 0 Å². The number of nitrogens with zero attached hydrogens (tertiary/aromatic N) is 2. The number of hydrogen-bond donors (Lipinski definition) is 2. The Morgan fingerprint density at radius 2 is 2.21 bits per heavy atom. The molecule has 1 saturated carbocycles. The fourth-order valence-corrected chi connectivity index (χ4v) is 2.23. The van der Waals surface area contributed by atoms with Crippen molar-refractivity contribution in [2.75, 3.05) is 5.32 Å². The molecule has 1 fully saturated rings. The average molecular weight is 257 g/mol. The van der Waals surface area contributed by atoms with E-state index in [2.05, 4.69) is 22.2 Å². The topological polar surface area (TPSA) is 75.1 Å². The lowest BCUT2D eigenvalue weighted by Gasteiger charge is -2.14. The van der Waals surface area contributed by atoms with Gasteiger partial charge in [0.25, 0.3) is 0 Å². The van der Waals surface area contributed by atoms with Crippen LogP contribution in [-0.4, -0.2) is 27.1 Å². The number of fused-ring (bicyclic) bond motifs is 1. The third-order valence-corrected chi connectivity index (χ3v) is 3.58. The van der Waals surface area contributed by atoms with E-state index in [0.717, 1.165) is 17.1 Å². The van der Waals surface area contributed by atoms with Crippen LogP contribution in [0.5, 0.6) is 0 Å². The van der Waals surface area contributed by atoms with Crippen LogP contribution in [-0.2, 0) is 0 Å². The van der Waals surface area contributed by atoms with Crippen LogP contribution in [0.2, 0.25) is 0 Å². The summed E-state index contributed by atoms with van der Waals surface area (Å²) in [5.41, 5.74) is 0.896. The number of carboxylic acid groups (broad SMARTS) is 1. The molecule has 5 heteroatoms. The highest BCUT2D eigenvalue weighted by Crippen LogP contribution is 2.34. The van der Waals surface area contributed by atoms with Crippen molar-refractivity contribution in [2.24, 2.45) is 5.92 Å². The van der Waals surface area contributed by atoms with Crippen LogP contribution in [0.1, 0.15) is 30.1 Å². The lowest BCUT2D eigenvalue weighted by molar-refractivity contribution is 0.0697. The van der Waals surface area contributed by atoms with Crippen LogP contribution in [0, 0.1) is 5.92 Å². The molecule has 2 aromatic rings. The van der Waals surface area contributed by atoms with E-state index >= 15 is 0 Å². The van der Waals surface area contributed by atoms with Crippen molar-refractivity contribution < 1.29 is 9.90 Å². The van der Waals surface area contributed by atoms with Crippen molar-refractivity contribution in [3.63, 3.8) is 0 Å². The van der Waals surface area contributed by atoms with Gasteiger partial charge in [-0.05, 0) is 43.9 Å². The summed E-state index contributed by atoms with van der Waals surface area (Å²) < 4.78 is 0. The fraction of sp³-hybridized carbons (Fsp3) is 0.357. The number of carbonyl (C=O) groups is 1. The van der Waals surface area contributed by atoms with Crippen LogP contribution < -0.4 is 5.32 Å². The normalized spacial score (nSPS) is 16.3. The van der Waals surface area contributed by atoms with Crippen molar-refractivity contribution in [1.82, 2.24) is 9.97 Å². The second kappa shape index (κ2) is 4.50. The van der Waals surface area contributed by atoms with Gasteiger partial charge in [-0.15, -0.1) is 0 Å². The molecule has 19 heavy (non-hydrogen) atoms. The molecular weight excluding hydrogens is 242 g/mol. The Balaban J connectivity index is 1.98. The third kappa shape index (κ3) is 2.36. The summed E-state index contributed by atoms with van der Waals surface area (Å²) in [6.07, 6.45) is 4.00. The number of hydrogen-bond acceptors (Lipinski definition) is 4. The van der Waals surface area contributed by atoms with Crippen LogP contribution in [0.4, 0.5) is 5.82 Å². The zero-order valence-corrected chi connectivity index (χ0v) is 10.6. The quantitative estimate of drug-likeness (QED) is 0.880. The second-order valence-corrected chi connectivity index (χ2v) is 5.03. The first-order chi connectivity index (χ1) is 9.15. The van der Waals surface area contributed by atoms with E-state index in [9.17, 15) is 4.79 Å². The molecule has 5 nitrogen and oxygen atoms in total. The van der Waals surface area contributed by atoms with Gasteiger partial charge >= 0.3 is 5.97 Å². The number of aromatic carboxylic acids is 1. The van der Waals surface area contributed by atoms with Gasteiger partial charge in [0.15, 0.2) is 0 Å². The Labute approximate surface area is 110 Å². The molecule has 98 valence electrons. The number of benzene rings is 1. The second-order valence-electron chi connectivity index (χ2n) is 5.03. The Kier molecular flexibility index (Phi) is 2.81. The molecule has 1 aromatic heterocycles. The molecule has 1 aliphatic rings. The van der Waals surface area contributed by atoms with Crippen molar-refractivity contribution in [3.05, 3.63) is 30.1 Å². The summed E-state index contributed by atoms with van der Waals surface area (Å²) in [5, 5.41) is 13.2. The lowest BCUT2D eigenvalue weighted by atomic mass is 10.1. The minimum atomic E-state index is -0.943. The Morgan fingerprint density at radius 1 is 1.42 bits per heavy atom. The first kappa shape index (κ1) is 11.9. The molecule has 0 bridgehead atoms. The smallest absolute Gasteiger partial charge is 0.335 e. The standard InChI is InChI=1S/C14H15N3O2/c1-8(9-2-3-9)17-13-11-5-4-10(14(18)19)6-12(11)15-7-16-13/h4-9H,2-3H2,1H3,(H,18,19)(H,15,16,17). The van der Waals surface area contributed by atoms with Gasteiger partial charge in [-0.25, -0.2) is 14.8 Å². The molecule has 0 amide bonds. The van der Waals surface area contributed by atoms with Gasteiger partial charge < -0.3 is 10.4 Å². The molecule has 3 rings (SSSR count). The molecular formula is C14H15N3O2. The summed E-state index contributed by atoms with van der Waals surface area (Å²) in [4.78, 5) is 19.3. The molecule has 0 radical (unpaired) electrons. The molecule has 0 saturated heterocycles. The maximum atomic E-state index is 10.9. The van der Waals surface area contributed by atoms with E-state index in [1.807, 2.05) is 0 Å². The van der Waals surface area contributed by atoms with Gasteiger partial charge in [0.1, 0.15) is 12.1 Å². The van der Waals surface area contributed by atoms with E-state index in [-0.39, 0.29) is 5.56 Å². The minimum Gasteiger partial charge on any atom is -0.478 e. The highest BCUT2D eigenvalue weighted by atomic mass is 16.4. The van der Waals surface area contributed by atoms with E-state index in [4.69, 9.17) is 5.11 Å². The molecule has 0 spiro atoms. The fourth-order valence-electron chi connectivity index (χ4n) is 2.23. The molecule has 1 unspecified atom stereocenters. The van der Waals surface area contributed by atoms with Crippen molar-refractivity contribution in [2.45, 2.75) is 25.8 Å². The molecule has 2 N–H and O–H groups in total. The molecule has 1 aromatic carbocycles. The predicted octanol–water partition coefficient (Wildman–Crippen LogP) is 2.54. The number of anilines is 1. The molecule has 1 atom stereocenters. The van der Waals surface area contributed by atoms with Crippen molar-refractivity contribution >= 4 is 22.7 Å². The van der Waals surface area contributed by atoms with Gasteiger partial charge in [-0.1, -0.05) is 0 Å². The Hall–Kier alpha value is -2.17. The monoisotopic (exact) mass is 257 g/mol. The zero-order valence-electron chi connectivity index (χ0n) is 10.6. The highest BCUT2D eigenvalue weighted by Gasteiger charge is 2.28. The molecule has 1 heterocycles. The number of rotatable bonds is 4. The maximum Gasteiger partial charge on any atom is 0.335 e. The lowest BCUT2D eigenvalue weighted by Crippen LogP contribution is -2.18. The molecule has 1 aliphatic carbocycles. The Bertz CT molecular complexity index is 638. The number of carboxylic acids is 1. The van der Waals surface area contributed by atoms with E-state index < -0.39 is 5.97 Å². The van der Waals surface area contributed by atoms with Crippen LogP contribution in [0.3, 0.4) is 0 Å².